The van der Waals surface area contributed by atoms with Crippen LogP contribution in [0.5, 0.6) is 0 Å². The normalized spacial score (nSPS) is 38.5. The van der Waals surface area contributed by atoms with Crippen molar-refractivity contribution >= 4 is 10.4 Å². The average Bonchev–Trinajstić information content (AvgIpc) is 2.17. The molecule has 0 spiro atoms. The number of hydrogen-bond acceptors (Lipinski definition) is 9. The Hall–Kier alpha value is 1.31. The van der Waals surface area contributed by atoms with Crippen molar-refractivity contribution in [1.29, 1.82) is 0 Å². The summed E-state index contributed by atoms with van der Waals surface area (Å²) in [5, 5.41) is 36.4. The van der Waals surface area contributed by atoms with Crippen LogP contribution in [0, 0.1) is 0 Å². The van der Waals surface area contributed by atoms with Gasteiger partial charge in [-0.3, -0.25) is 4.18 Å². The Kier molecular flexibility index (Phi) is 7.74. The molecule has 0 radical (unpaired) electrons. The molecule has 1 aliphatic rings. The van der Waals surface area contributed by atoms with Crippen LogP contribution in [0.2, 0.25) is 0 Å². The zero-order chi connectivity index (χ0) is 12.5. The number of rotatable bonds is 3. The Morgan fingerprint density at radius 2 is 1.76 bits per heavy atom. The van der Waals surface area contributed by atoms with E-state index in [1.807, 2.05) is 0 Å². The van der Waals surface area contributed by atoms with Crippen LogP contribution < -0.4 is 51.4 Å². The first kappa shape index (κ1) is 18.3. The van der Waals surface area contributed by atoms with E-state index >= 15 is 0 Å². The van der Waals surface area contributed by atoms with Crippen molar-refractivity contribution in [3.05, 3.63) is 0 Å². The van der Waals surface area contributed by atoms with Gasteiger partial charge in [-0.15, -0.1) is 0 Å². The molecule has 1 saturated heterocycles. The second-order valence-electron chi connectivity index (χ2n) is 3.20. The van der Waals surface area contributed by atoms with Crippen molar-refractivity contribution in [2.75, 3.05) is 6.61 Å². The quantitative estimate of drug-likeness (QED) is 0.226. The topological polar surface area (TPSA) is 157 Å². The minimum absolute atomic E-state index is 0. The fourth-order valence-electron chi connectivity index (χ4n) is 1.32. The molecule has 0 saturated carbocycles. The molecule has 0 aromatic rings. The molecule has 0 aliphatic carbocycles. The van der Waals surface area contributed by atoms with Gasteiger partial charge in [0.25, 0.3) is 0 Å². The molecular formula is C6H11KO9S. The smallest absolute Gasteiger partial charge is 0.726 e. The van der Waals surface area contributed by atoms with E-state index in [2.05, 4.69) is 8.92 Å². The van der Waals surface area contributed by atoms with E-state index in [0.29, 0.717) is 0 Å². The number of hydrogen-bond donors (Lipinski definition) is 4. The molecule has 1 unspecified atom stereocenters. The van der Waals surface area contributed by atoms with E-state index in [-0.39, 0.29) is 51.4 Å². The van der Waals surface area contributed by atoms with E-state index < -0.39 is 47.7 Å². The fraction of sp³-hybridized carbons (Fsp3) is 1.00. The van der Waals surface area contributed by atoms with Crippen LogP contribution >= 0.6 is 0 Å². The summed E-state index contributed by atoms with van der Waals surface area (Å²) in [5.74, 6) is 0. The van der Waals surface area contributed by atoms with Crippen LogP contribution in [0.3, 0.4) is 0 Å². The first-order valence-electron chi connectivity index (χ1n) is 4.21. The molecule has 0 bridgehead atoms. The van der Waals surface area contributed by atoms with Crippen molar-refractivity contribution in [2.24, 2.45) is 0 Å². The van der Waals surface area contributed by atoms with Crippen molar-refractivity contribution in [3.63, 3.8) is 0 Å². The summed E-state index contributed by atoms with van der Waals surface area (Å²) in [6.45, 7) is -0.746. The van der Waals surface area contributed by atoms with Gasteiger partial charge in [-0.05, 0) is 0 Å². The molecule has 17 heavy (non-hydrogen) atoms. The maximum absolute atomic E-state index is 10.3. The van der Waals surface area contributed by atoms with Crippen LogP contribution in [0.25, 0.3) is 0 Å². The van der Waals surface area contributed by atoms with Gasteiger partial charge in [0.2, 0.25) is 10.4 Å². The Morgan fingerprint density at radius 3 is 2.18 bits per heavy atom. The van der Waals surface area contributed by atoms with Gasteiger partial charge in [0.05, 0.1) is 6.61 Å². The molecule has 1 rings (SSSR count). The van der Waals surface area contributed by atoms with Crippen LogP contribution in [0.15, 0.2) is 0 Å². The molecule has 0 aromatic carbocycles. The summed E-state index contributed by atoms with van der Waals surface area (Å²) < 4.78 is 39.3. The molecule has 5 atom stereocenters. The number of ether oxygens (including phenoxy) is 1. The van der Waals surface area contributed by atoms with Gasteiger partial charge in [-0.25, -0.2) is 8.42 Å². The first-order valence-corrected chi connectivity index (χ1v) is 5.54. The van der Waals surface area contributed by atoms with E-state index in [1.54, 1.807) is 0 Å². The third-order valence-corrected chi connectivity index (χ3v) is 2.53. The second kappa shape index (κ2) is 7.19. The Bertz CT molecular complexity index is 332. The number of aliphatic hydroxyl groups excluding tert-OH is 4. The van der Waals surface area contributed by atoms with Crippen LogP contribution in [-0.2, 0) is 19.3 Å². The van der Waals surface area contributed by atoms with Gasteiger partial charge in [-0.1, -0.05) is 0 Å². The summed E-state index contributed by atoms with van der Waals surface area (Å²) in [6, 6.07) is 0. The van der Waals surface area contributed by atoms with Crippen LogP contribution in [-0.4, -0.2) is 70.7 Å². The Balaban J connectivity index is 0.00000256. The minimum atomic E-state index is -5.16. The van der Waals surface area contributed by atoms with E-state index in [4.69, 9.17) is 10.2 Å². The maximum atomic E-state index is 10.3. The van der Waals surface area contributed by atoms with Gasteiger partial charge in [0.1, 0.15) is 24.4 Å². The predicted octanol–water partition coefficient (Wildman–Crippen LogP) is -6.73. The molecule has 96 valence electrons. The van der Waals surface area contributed by atoms with Crippen molar-refractivity contribution in [3.8, 4) is 0 Å². The van der Waals surface area contributed by atoms with Crippen molar-refractivity contribution < 1.29 is 93.7 Å². The largest absolute Gasteiger partial charge is 1.00 e. The van der Waals surface area contributed by atoms with Gasteiger partial charge in [0.15, 0.2) is 6.29 Å². The predicted molar refractivity (Wildman–Crippen MR) is 44.5 cm³/mol. The summed E-state index contributed by atoms with van der Waals surface area (Å²) >= 11 is 0. The SMILES string of the molecule is O=S(=O)([O-])O[C@H]1[C@@H](O)[C@@H](CO)OC(O)[C@@H]1O.[K+]. The zero-order valence-corrected chi connectivity index (χ0v) is 12.8. The second-order valence-corrected chi connectivity index (χ2v) is 4.21. The van der Waals surface area contributed by atoms with Gasteiger partial charge in [0, 0.05) is 0 Å². The van der Waals surface area contributed by atoms with E-state index in [1.165, 1.54) is 0 Å². The third kappa shape index (κ3) is 5.06. The monoisotopic (exact) mass is 298 g/mol. The third-order valence-electron chi connectivity index (χ3n) is 2.07. The molecule has 0 aromatic heterocycles. The van der Waals surface area contributed by atoms with E-state index in [0.717, 1.165) is 0 Å². The van der Waals surface area contributed by atoms with Crippen molar-refractivity contribution in [1.82, 2.24) is 0 Å². The fourth-order valence-corrected chi connectivity index (χ4v) is 1.82. The Labute approximate surface area is 140 Å². The number of aliphatic hydroxyl groups is 4. The summed E-state index contributed by atoms with van der Waals surface area (Å²) in [5.41, 5.74) is 0. The summed E-state index contributed by atoms with van der Waals surface area (Å²) in [6.07, 6.45) is -8.78. The molecule has 1 heterocycles. The maximum Gasteiger partial charge on any atom is 1.00 e. The minimum Gasteiger partial charge on any atom is -0.726 e. The van der Waals surface area contributed by atoms with Gasteiger partial charge < -0.3 is 29.7 Å². The molecule has 9 nitrogen and oxygen atoms in total. The van der Waals surface area contributed by atoms with Crippen LogP contribution in [0.4, 0.5) is 0 Å². The molecule has 4 N–H and O–H groups in total. The van der Waals surface area contributed by atoms with Crippen LogP contribution in [0.1, 0.15) is 0 Å². The van der Waals surface area contributed by atoms with Crippen molar-refractivity contribution in [2.45, 2.75) is 30.7 Å². The first-order chi connectivity index (χ1) is 7.26. The molecule has 1 aliphatic heterocycles. The molecule has 11 heteroatoms. The Morgan fingerprint density at radius 1 is 1.24 bits per heavy atom. The van der Waals surface area contributed by atoms with Gasteiger partial charge in [-0.2, -0.15) is 0 Å². The zero-order valence-electron chi connectivity index (χ0n) is 8.83. The summed E-state index contributed by atoms with van der Waals surface area (Å²) in [4.78, 5) is 0. The standard InChI is InChI=1S/C6H12O9S.K/c7-1-2-3(8)5(15-16(11,12)13)4(9)6(10)14-2;/h2-10H,1H2,(H,11,12,13);/q;+1/p-1/t2-,3+,4-,5+,6?;/m1./s1. The average molecular weight is 298 g/mol. The molecule has 1 fully saturated rings. The van der Waals surface area contributed by atoms with Gasteiger partial charge >= 0.3 is 51.4 Å². The van der Waals surface area contributed by atoms with E-state index in [9.17, 15) is 23.2 Å². The molecule has 0 amide bonds. The summed E-state index contributed by atoms with van der Waals surface area (Å²) in [7, 11) is -5.16. The molecular weight excluding hydrogens is 287 g/mol.